The second-order valence-corrected chi connectivity index (χ2v) is 8.56. The van der Waals surface area contributed by atoms with E-state index in [4.69, 9.17) is 25.0 Å². The molecule has 0 saturated carbocycles. The smallest absolute Gasteiger partial charge is 0.394 e. The van der Waals surface area contributed by atoms with Crippen LogP contribution in [0.2, 0.25) is 0 Å². The monoisotopic (exact) mass is 425 g/mol. The molecule has 2 atom stereocenters. The minimum Gasteiger partial charge on any atom is -0.394 e. The molecule has 0 aliphatic heterocycles. The highest BCUT2D eigenvalue weighted by Crippen LogP contribution is 2.25. The Bertz CT molecular complexity index is 396. The summed E-state index contributed by atoms with van der Waals surface area (Å²) < 4.78 is 8.88. The Morgan fingerprint density at radius 2 is 1.21 bits per heavy atom. The lowest BCUT2D eigenvalue weighted by Gasteiger charge is -2.29. The van der Waals surface area contributed by atoms with Gasteiger partial charge in [0.25, 0.3) is 0 Å². The van der Waals surface area contributed by atoms with Gasteiger partial charge < -0.3 is 30.6 Å². The highest BCUT2D eigenvalue weighted by atomic mass is 31.2. The number of phosphoric acid groups is 1. The van der Waals surface area contributed by atoms with Crippen LogP contribution >= 0.6 is 7.82 Å². The maximum Gasteiger partial charge on any atom is 0.466 e. The van der Waals surface area contributed by atoms with Crippen LogP contribution in [-0.2, 0) is 4.57 Å². The largest absolute Gasteiger partial charge is 0.466 e. The summed E-state index contributed by atoms with van der Waals surface area (Å²) in [6.45, 7) is 5.60. The summed E-state index contributed by atoms with van der Waals surface area (Å²) in [6, 6.07) is 0. The Kier molecular flexibility index (Phi) is 20.0. The summed E-state index contributed by atoms with van der Waals surface area (Å²) in [6.07, 6.45) is 18.5. The van der Waals surface area contributed by atoms with Gasteiger partial charge in [0.2, 0.25) is 0 Å². The van der Waals surface area contributed by atoms with Crippen molar-refractivity contribution in [1.29, 1.82) is 0 Å². The predicted molar refractivity (Wildman–Crippen MR) is 115 cm³/mol. The van der Waals surface area contributed by atoms with E-state index in [9.17, 15) is 10.2 Å². The third-order valence-electron chi connectivity index (χ3n) is 4.86. The van der Waals surface area contributed by atoms with Gasteiger partial charge in [0.1, 0.15) is 0 Å². The Hall–Kier alpha value is -0.270. The molecule has 2 unspecified atom stereocenters. The summed E-state index contributed by atoms with van der Waals surface area (Å²) in [4.78, 5) is 21.6. The molecular weight excluding hydrogens is 381 g/mol. The number of aliphatic hydroxyl groups excluding tert-OH is 2. The molecule has 8 heteroatoms. The van der Waals surface area contributed by atoms with Crippen LogP contribution in [0.25, 0.3) is 0 Å². The molecule has 0 spiro atoms. The van der Waals surface area contributed by atoms with Gasteiger partial charge in [0.05, 0.1) is 18.2 Å². The van der Waals surface area contributed by atoms with Gasteiger partial charge in [-0.15, -0.1) is 6.58 Å². The number of hydrogen-bond acceptors (Lipinski definition) is 4. The van der Waals surface area contributed by atoms with Crippen molar-refractivity contribution in [2.45, 2.75) is 108 Å². The van der Waals surface area contributed by atoms with Gasteiger partial charge in [-0.1, -0.05) is 96.5 Å². The first-order chi connectivity index (χ1) is 13.1. The van der Waals surface area contributed by atoms with E-state index in [0.29, 0.717) is 6.42 Å². The first kappa shape index (κ1) is 29.9. The number of aliphatic hydroxyl groups is 2. The van der Waals surface area contributed by atoms with Crippen LogP contribution in [0.4, 0.5) is 0 Å². The van der Waals surface area contributed by atoms with Crippen molar-refractivity contribution >= 4 is 7.82 Å². The number of nitrogens with two attached hydrogens (primary N) is 1. The van der Waals surface area contributed by atoms with Crippen molar-refractivity contribution in [3.63, 3.8) is 0 Å². The zero-order valence-electron chi connectivity index (χ0n) is 17.6. The molecule has 0 saturated heterocycles. The molecule has 0 fully saturated rings. The second kappa shape index (κ2) is 18.7. The van der Waals surface area contributed by atoms with Crippen LogP contribution in [0.5, 0.6) is 0 Å². The number of hydrogen-bond donors (Lipinski definition) is 6. The Labute approximate surface area is 171 Å². The second-order valence-electron chi connectivity index (χ2n) is 7.54. The van der Waals surface area contributed by atoms with Gasteiger partial charge in [-0.25, -0.2) is 4.57 Å². The lowest BCUT2D eigenvalue weighted by molar-refractivity contribution is 0.0615. The topological polar surface area (TPSA) is 144 Å². The number of unbranched alkanes of at least 4 members (excludes halogenated alkanes) is 12. The quantitative estimate of drug-likeness (QED) is 0.118. The molecule has 0 aromatic rings. The zero-order valence-corrected chi connectivity index (χ0v) is 18.5. The zero-order chi connectivity index (χ0) is 21.9. The van der Waals surface area contributed by atoms with Crippen LogP contribution in [0.15, 0.2) is 12.7 Å². The minimum atomic E-state index is -4.64. The molecule has 0 aromatic heterocycles. The molecule has 0 aliphatic rings. The van der Waals surface area contributed by atoms with Gasteiger partial charge in [0, 0.05) is 0 Å². The van der Waals surface area contributed by atoms with E-state index in [2.05, 4.69) is 13.5 Å². The first-order valence-corrected chi connectivity index (χ1v) is 12.2. The van der Waals surface area contributed by atoms with Crippen LogP contribution in [0.3, 0.4) is 0 Å². The van der Waals surface area contributed by atoms with Crippen molar-refractivity contribution < 1.29 is 29.5 Å². The van der Waals surface area contributed by atoms with Crippen molar-refractivity contribution in [3.05, 3.63) is 12.7 Å². The molecule has 170 valence electrons. The molecule has 0 amide bonds. The highest BCUT2D eigenvalue weighted by Gasteiger charge is 2.29. The van der Waals surface area contributed by atoms with E-state index in [-0.39, 0.29) is 6.61 Å². The van der Waals surface area contributed by atoms with Crippen LogP contribution in [0, 0.1) is 0 Å². The fraction of sp³-hybridized carbons (Fsp3) is 0.900. The molecule has 0 rings (SSSR count). The Balaban J connectivity index is 0. The lowest BCUT2D eigenvalue weighted by atomic mass is 9.90. The van der Waals surface area contributed by atoms with E-state index in [1.807, 2.05) is 0 Å². The highest BCUT2D eigenvalue weighted by molar-refractivity contribution is 7.45. The third kappa shape index (κ3) is 22.0. The Morgan fingerprint density at radius 3 is 1.50 bits per heavy atom. The van der Waals surface area contributed by atoms with Gasteiger partial charge in [-0.3, -0.25) is 0 Å². The average Bonchev–Trinajstić information content (AvgIpc) is 2.63. The van der Waals surface area contributed by atoms with Crippen molar-refractivity contribution in [3.8, 4) is 0 Å². The van der Waals surface area contributed by atoms with E-state index in [0.717, 1.165) is 12.8 Å². The molecular formula is C20H44NO6P. The predicted octanol–water partition coefficient (Wildman–Crippen LogP) is 3.78. The lowest BCUT2D eigenvalue weighted by Crippen LogP contribution is -2.52. The van der Waals surface area contributed by atoms with Gasteiger partial charge in [-0.05, 0) is 6.42 Å². The molecule has 0 heterocycles. The molecule has 7 N–H and O–H groups in total. The fourth-order valence-electron chi connectivity index (χ4n) is 2.93. The summed E-state index contributed by atoms with van der Waals surface area (Å²) in [5, 5.41) is 19.2. The maximum atomic E-state index is 9.99. The summed E-state index contributed by atoms with van der Waals surface area (Å²) >= 11 is 0. The van der Waals surface area contributed by atoms with Crippen molar-refractivity contribution in [1.82, 2.24) is 0 Å². The molecule has 0 aromatic carbocycles. The maximum absolute atomic E-state index is 9.99. The number of rotatable bonds is 17. The van der Waals surface area contributed by atoms with Crippen molar-refractivity contribution in [2.24, 2.45) is 5.73 Å². The SMILES string of the molecule is C=CC(N)(CO)C(O)CCCCCCCCCCCCCCC.O=P(O)(O)O. The molecule has 0 aliphatic carbocycles. The van der Waals surface area contributed by atoms with E-state index in [1.165, 1.54) is 76.7 Å². The summed E-state index contributed by atoms with van der Waals surface area (Å²) in [5.74, 6) is 0. The molecule has 7 nitrogen and oxygen atoms in total. The summed E-state index contributed by atoms with van der Waals surface area (Å²) in [7, 11) is -4.64. The van der Waals surface area contributed by atoms with Gasteiger partial charge in [-0.2, -0.15) is 0 Å². The Morgan fingerprint density at radius 1 is 0.893 bits per heavy atom. The average molecular weight is 426 g/mol. The van der Waals surface area contributed by atoms with Crippen LogP contribution < -0.4 is 5.73 Å². The normalized spacial score (nSPS) is 14.7. The molecule has 0 bridgehead atoms. The summed E-state index contributed by atoms with van der Waals surface area (Å²) in [5.41, 5.74) is 4.82. The standard InChI is InChI=1S/C20H41NO2.H3O4P/c1-3-5-6-7-8-9-10-11-12-13-14-15-16-17-19(23)20(21,4-2)18-22;1-5(2,3)4/h4,19,22-23H,2-3,5-18,21H2,1H3;(H3,1,2,3,4). The van der Waals surface area contributed by atoms with Crippen LogP contribution in [0.1, 0.15) is 96.8 Å². The van der Waals surface area contributed by atoms with Gasteiger partial charge in [0.15, 0.2) is 0 Å². The van der Waals surface area contributed by atoms with E-state index >= 15 is 0 Å². The molecule has 28 heavy (non-hydrogen) atoms. The third-order valence-corrected chi connectivity index (χ3v) is 4.86. The first-order valence-electron chi connectivity index (χ1n) is 10.6. The fourth-order valence-corrected chi connectivity index (χ4v) is 2.93. The molecule has 0 radical (unpaired) electrons. The van der Waals surface area contributed by atoms with E-state index in [1.54, 1.807) is 0 Å². The minimum absolute atomic E-state index is 0.254. The van der Waals surface area contributed by atoms with E-state index < -0.39 is 19.5 Å². The van der Waals surface area contributed by atoms with Crippen molar-refractivity contribution in [2.75, 3.05) is 6.61 Å². The van der Waals surface area contributed by atoms with Crippen LogP contribution in [-0.4, -0.2) is 43.1 Å². The van der Waals surface area contributed by atoms with Gasteiger partial charge >= 0.3 is 7.82 Å².